The van der Waals surface area contributed by atoms with E-state index in [0.717, 1.165) is 18.7 Å². The van der Waals surface area contributed by atoms with Crippen molar-refractivity contribution in [2.75, 3.05) is 0 Å². The number of hydrogen-bond donors (Lipinski definition) is 0. The molecule has 15 heavy (non-hydrogen) atoms. The van der Waals surface area contributed by atoms with Gasteiger partial charge in [-0.05, 0) is 12.8 Å². The van der Waals surface area contributed by atoms with Crippen molar-refractivity contribution in [1.29, 1.82) is 0 Å². The highest BCUT2D eigenvalue weighted by molar-refractivity contribution is 6.29. The molecular formula is C10H10Cl2N2O. The van der Waals surface area contributed by atoms with Gasteiger partial charge >= 0.3 is 0 Å². The summed E-state index contributed by atoms with van der Waals surface area (Å²) in [6.07, 6.45) is 3.87. The van der Waals surface area contributed by atoms with Crippen LogP contribution in [-0.4, -0.2) is 9.55 Å². The molecule has 1 aliphatic rings. The normalized spacial score (nSPS) is 16.1. The number of halogens is 2. The molecule has 0 aliphatic heterocycles. The average Bonchev–Trinajstić information content (AvgIpc) is 2.98. The third-order valence-electron chi connectivity index (χ3n) is 2.33. The van der Waals surface area contributed by atoms with Gasteiger partial charge in [0.1, 0.15) is 11.0 Å². The van der Waals surface area contributed by atoms with E-state index >= 15 is 0 Å². The fraction of sp³-hybridized carbons (Fsp3) is 0.400. The molecule has 5 heteroatoms. The van der Waals surface area contributed by atoms with Gasteiger partial charge in [-0.2, -0.15) is 0 Å². The largest absolute Gasteiger partial charge is 0.292 e. The third-order valence-corrected chi connectivity index (χ3v) is 2.70. The van der Waals surface area contributed by atoms with Crippen LogP contribution in [0.15, 0.2) is 22.5 Å². The summed E-state index contributed by atoms with van der Waals surface area (Å²) in [5.41, 5.74) is 1.28. The smallest absolute Gasteiger partial charge is 0.255 e. The van der Waals surface area contributed by atoms with Crippen molar-refractivity contribution in [1.82, 2.24) is 9.55 Å². The molecule has 1 saturated carbocycles. The van der Waals surface area contributed by atoms with Gasteiger partial charge in [0.15, 0.2) is 0 Å². The highest BCUT2D eigenvalue weighted by atomic mass is 35.5. The van der Waals surface area contributed by atoms with Gasteiger partial charge in [0.2, 0.25) is 0 Å². The molecule has 2 rings (SSSR count). The SMILES string of the molecule is O=c1cc(Cl)nc(C2CC2)n1C/C=C/Cl. The van der Waals surface area contributed by atoms with Crippen LogP contribution in [0, 0.1) is 0 Å². The standard InChI is InChI=1S/C10H10Cl2N2O/c11-4-1-5-14-9(15)6-8(12)13-10(14)7-2-3-7/h1,4,6-7H,2-3,5H2/b4-1+. The zero-order valence-electron chi connectivity index (χ0n) is 7.99. The van der Waals surface area contributed by atoms with Crippen molar-refractivity contribution < 1.29 is 0 Å². The Labute approximate surface area is 97.3 Å². The van der Waals surface area contributed by atoms with E-state index in [0.29, 0.717) is 12.5 Å². The second kappa shape index (κ2) is 4.37. The summed E-state index contributed by atoms with van der Waals surface area (Å²) in [6.45, 7) is 0.457. The second-order valence-electron chi connectivity index (χ2n) is 3.52. The summed E-state index contributed by atoms with van der Waals surface area (Å²) in [6, 6.07) is 1.33. The predicted molar refractivity (Wildman–Crippen MR) is 60.5 cm³/mol. The highest BCUT2D eigenvalue weighted by Gasteiger charge is 2.28. The number of nitrogens with zero attached hydrogens (tertiary/aromatic N) is 2. The summed E-state index contributed by atoms with van der Waals surface area (Å²) in [4.78, 5) is 15.9. The Morgan fingerprint density at radius 2 is 2.33 bits per heavy atom. The molecule has 0 atom stereocenters. The van der Waals surface area contributed by atoms with E-state index in [4.69, 9.17) is 23.2 Å². The lowest BCUT2D eigenvalue weighted by atomic mass is 10.3. The molecule has 1 heterocycles. The fourth-order valence-corrected chi connectivity index (χ4v) is 1.74. The van der Waals surface area contributed by atoms with Crippen LogP contribution in [0.25, 0.3) is 0 Å². The maximum absolute atomic E-state index is 11.7. The first-order valence-corrected chi connectivity index (χ1v) is 5.56. The van der Waals surface area contributed by atoms with Gasteiger partial charge < -0.3 is 0 Å². The molecule has 0 radical (unpaired) electrons. The zero-order valence-corrected chi connectivity index (χ0v) is 9.50. The van der Waals surface area contributed by atoms with Crippen LogP contribution in [0.5, 0.6) is 0 Å². The third kappa shape index (κ3) is 2.41. The second-order valence-corrected chi connectivity index (χ2v) is 4.16. The fourth-order valence-electron chi connectivity index (χ4n) is 1.48. The van der Waals surface area contributed by atoms with E-state index in [1.165, 1.54) is 11.6 Å². The Balaban J connectivity index is 2.44. The monoisotopic (exact) mass is 244 g/mol. The molecule has 80 valence electrons. The molecule has 3 nitrogen and oxygen atoms in total. The van der Waals surface area contributed by atoms with Crippen LogP contribution in [0.1, 0.15) is 24.6 Å². The first-order chi connectivity index (χ1) is 7.22. The lowest BCUT2D eigenvalue weighted by Crippen LogP contribution is -2.23. The summed E-state index contributed by atoms with van der Waals surface area (Å²) < 4.78 is 1.61. The Morgan fingerprint density at radius 3 is 2.93 bits per heavy atom. The van der Waals surface area contributed by atoms with Crippen LogP contribution >= 0.6 is 23.2 Å². The number of allylic oxidation sites excluding steroid dienone is 1. The Kier molecular flexibility index (Phi) is 3.12. The van der Waals surface area contributed by atoms with Crippen LogP contribution < -0.4 is 5.56 Å². The van der Waals surface area contributed by atoms with E-state index in [1.54, 1.807) is 10.6 Å². The molecular weight excluding hydrogens is 235 g/mol. The van der Waals surface area contributed by atoms with Gasteiger partial charge in [0, 0.05) is 24.1 Å². The maximum Gasteiger partial charge on any atom is 0.255 e. The molecule has 1 aromatic rings. The van der Waals surface area contributed by atoms with Crippen LogP contribution in [0.4, 0.5) is 0 Å². The van der Waals surface area contributed by atoms with E-state index in [-0.39, 0.29) is 10.7 Å². The Hall–Kier alpha value is -0.800. The highest BCUT2D eigenvalue weighted by Crippen LogP contribution is 2.38. The van der Waals surface area contributed by atoms with E-state index in [1.807, 2.05) is 0 Å². The van der Waals surface area contributed by atoms with Gasteiger partial charge in [-0.25, -0.2) is 4.98 Å². The predicted octanol–water partition coefficient (Wildman–Crippen LogP) is 2.53. The summed E-state index contributed by atoms with van der Waals surface area (Å²) in [7, 11) is 0. The first kappa shape index (κ1) is 10.7. The van der Waals surface area contributed by atoms with Crippen molar-refractivity contribution >= 4 is 23.2 Å². The van der Waals surface area contributed by atoms with Gasteiger partial charge in [0.25, 0.3) is 5.56 Å². The minimum Gasteiger partial charge on any atom is -0.292 e. The summed E-state index contributed by atoms with van der Waals surface area (Å²) >= 11 is 11.2. The molecule has 0 bridgehead atoms. The Morgan fingerprint density at radius 1 is 1.60 bits per heavy atom. The molecule has 1 fully saturated rings. The van der Waals surface area contributed by atoms with Crippen molar-refractivity contribution in [3.8, 4) is 0 Å². The van der Waals surface area contributed by atoms with E-state index in [9.17, 15) is 4.79 Å². The Bertz CT molecular complexity index is 449. The zero-order chi connectivity index (χ0) is 10.8. The molecule has 0 aromatic carbocycles. The van der Waals surface area contributed by atoms with E-state index in [2.05, 4.69) is 4.98 Å². The van der Waals surface area contributed by atoms with Gasteiger partial charge in [-0.1, -0.05) is 29.3 Å². The van der Waals surface area contributed by atoms with Crippen molar-refractivity contribution in [2.45, 2.75) is 25.3 Å². The van der Waals surface area contributed by atoms with Crippen LogP contribution in [0.3, 0.4) is 0 Å². The van der Waals surface area contributed by atoms with Crippen molar-refractivity contribution in [2.24, 2.45) is 0 Å². The quantitative estimate of drug-likeness (QED) is 0.767. The van der Waals surface area contributed by atoms with Crippen molar-refractivity contribution in [3.63, 3.8) is 0 Å². The summed E-state index contributed by atoms with van der Waals surface area (Å²) in [5, 5.41) is 0.271. The lowest BCUT2D eigenvalue weighted by Gasteiger charge is -2.08. The van der Waals surface area contributed by atoms with Gasteiger partial charge in [-0.3, -0.25) is 9.36 Å². The molecule has 1 aliphatic carbocycles. The van der Waals surface area contributed by atoms with E-state index < -0.39 is 0 Å². The van der Waals surface area contributed by atoms with Gasteiger partial charge in [0.05, 0.1) is 0 Å². The van der Waals surface area contributed by atoms with Crippen LogP contribution in [-0.2, 0) is 6.54 Å². The molecule has 0 N–H and O–H groups in total. The maximum atomic E-state index is 11.7. The molecule has 0 spiro atoms. The number of aromatic nitrogens is 2. The van der Waals surface area contributed by atoms with Crippen LogP contribution in [0.2, 0.25) is 5.15 Å². The lowest BCUT2D eigenvalue weighted by molar-refractivity contribution is 0.681. The first-order valence-electron chi connectivity index (χ1n) is 4.75. The number of hydrogen-bond acceptors (Lipinski definition) is 2. The molecule has 0 saturated heterocycles. The minimum absolute atomic E-state index is 0.119. The summed E-state index contributed by atoms with van der Waals surface area (Å²) in [5.74, 6) is 1.17. The molecule has 1 aromatic heterocycles. The molecule has 0 unspecified atom stereocenters. The average molecular weight is 245 g/mol. The number of rotatable bonds is 3. The van der Waals surface area contributed by atoms with Gasteiger partial charge in [-0.15, -0.1) is 0 Å². The topological polar surface area (TPSA) is 34.9 Å². The van der Waals surface area contributed by atoms with Crippen molar-refractivity contribution in [3.05, 3.63) is 39.0 Å². The minimum atomic E-state index is -0.119. The molecule has 0 amide bonds.